The summed E-state index contributed by atoms with van der Waals surface area (Å²) in [5.74, 6) is -2.10. The van der Waals surface area contributed by atoms with E-state index in [9.17, 15) is 14.4 Å². The number of ether oxygens (including phenoxy) is 3. The number of esters is 1. The summed E-state index contributed by atoms with van der Waals surface area (Å²) in [6, 6.07) is 12.7. The molecule has 196 valence electrons. The Hall–Kier alpha value is -3.40. The maximum Gasteiger partial charge on any atom is 0.344 e. The van der Waals surface area contributed by atoms with Crippen LogP contribution in [0.5, 0.6) is 5.75 Å². The Morgan fingerprint density at radius 2 is 1.86 bits per heavy atom. The zero-order chi connectivity index (χ0) is 26.4. The van der Waals surface area contributed by atoms with Gasteiger partial charge in [0, 0.05) is 36.9 Å². The second-order valence-electron chi connectivity index (χ2n) is 8.70. The number of aromatic nitrogens is 1. The molecule has 1 saturated heterocycles. The maximum absolute atomic E-state index is 13.0. The third-order valence-corrected chi connectivity index (χ3v) is 6.53. The van der Waals surface area contributed by atoms with Crippen molar-refractivity contribution in [2.24, 2.45) is 5.73 Å². The van der Waals surface area contributed by atoms with Crippen LogP contribution in [0.2, 0.25) is 5.02 Å². The van der Waals surface area contributed by atoms with Crippen molar-refractivity contribution in [2.75, 3.05) is 46.1 Å². The zero-order valence-corrected chi connectivity index (χ0v) is 21.5. The van der Waals surface area contributed by atoms with Crippen molar-refractivity contribution in [3.63, 3.8) is 0 Å². The number of nitrogens with two attached hydrogens (primary N) is 1. The van der Waals surface area contributed by atoms with E-state index in [4.69, 9.17) is 31.5 Å². The van der Waals surface area contributed by atoms with E-state index in [0.29, 0.717) is 60.1 Å². The van der Waals surface area contributed by atoms with Crippen molar-refractivity contribution in [3.8, 4) is 5.75 Å². The van der Waals surface area contributed by atoms with Gasteiger partial charge in [0.2, 0.25) is 0 Å². The molecule has 0 bridgehead atoms. The van der Waals surface area contributed by atoms with Gasteiger partial charge in [0.15, 0.2) is 6.61 Å². The first-order valence-corrected chi connectivity index (χ1v) is 12.6. The molecule has 1 aliphatic heterocycles. The first-order valence-electron chi connectivity index (χ1n) is 12.2. The fraction of sp³-hybridized carbons (Fsp3) is 0.370. The van der Waals surface area contributed by atoms with E-state index in [0.717, 1.165) is 18.7 Å². The number of nitrogens with zero attached hydrogens (tertiary/aromatic N) is 2. The van der Waals surface area contributed by atoms with Gasteiger partial charge in [-0.15, -0.1) is 0 Å². The Balaban J connectivity index is 1.59. The Labute approximate surface area is 220 Å². The number of rotatable bonds is 11. The monoisotopic (exact) mass is 527 g/mol. The lowest BCUT2D eigenvalue weighted by Crippen LogP contribution is -2.38. The van der Waals surface area contributed by atoms with Crippen LogP contribution in [0.25, 0.3) is 10.9 Å². The van der Waals surface area contributed by atoms with Crippen LogP contribution in [0.4, 0.5) is 0 Å². The van der Waals surface area contributed by atoms with Gasteiger partial charge in [-0.3, -0.25) is 14.5 Å². The number of carbonyl (C=O) groups excluding carboxylic acids is 3. The van der Waals surface area contributed by atoms with E-state index in [1.807, 2.05) is 35.8 Å². The molecule has 0 saturated carbocycles. The SMILES string of the molecule is CCc1c(C(=O)C(N)=O)c2c(OCC(=O)OCCN3CCOCC3)cccc2n1Cc1cccc(Cl)c1. The number of halogens is 1. The number of primary amides is 1. The first kappa shape index (κ1) is 26.7. The average Bonchev–Trinajstić information content (AvgIpc) is 3.21. The van der Waals surface area contributed by atoms with E-state index < -0.39 is 17.7 Å². The molecular formula is C27H30ClN3O6. The molecule has 0 spiro atoms. The second-order valence-corrected chi connectivity index (χ2v) is 9.13. The van der Waals surface area contributed by atoms with Crippen molar-refractivity contribution in [1.82, 2.24) is 9.47 Å². The average molecular weight is 528 g/mol. The molecule has 2 aromatic carbocycles. The molecule has 37 heavy (non-hydrogen) atoms. The smallest absolute Gasteiger partial charge is 0.344 e. The molecule has 3 aromatic rings. The number of morpholine rings is 1. The molecule has 1 aromatic heterocycles. The van der Waals surface area contributed by atoms with E-state index in [1.165, 1.54) is 0 Å². The number of fused-ring (bicyclic) bond motifs is 1. The second kappa shape index (κ2) is 12.2. The molecule has 0 unspecified atom stereocenters. The summed E-state index contributed by atoms with van der Waals surface area (Å²) in [6.07, 6.45) is 0.465. The quantitative estimate of drug-likeness (QED) is 0.232. The standard InChI is InChI=1S/C27H30ClN3O6/c1-2-20-25(26(33)27(29)34)24-21(31(20)16-18-5-3-6-19(28)15-18)7-4-8-22(24)37-17-23(32)36-14-11-30-9-12-35-13-10-30/h3-8,15H,2,9-14,16-17H2,1H3,(H2,29,34). The fourth-order valence-electron chi connectivity index (χ4n) is 4.57. The van der Waals surface area contributed by atoms with Crippen LogP contribution in [0.15, 0.2) is 42.5 Å². The highest BCUT2D eigenvalue weighted by Crippen LogP contribution is 2.35. The lowest BCUT2D eigenvalue weighted by atomic mass is 10.0. The minimum absolute atomic E-state index is 0.184. The molecule has 1 amide bonds. The van der Waals surface area contributed by atoms with Gasteiger partial charge < -0.3 is 24.5 Å². The summed E-state index contributed by atoms with van der Waals surface area (Å²) in [4.78, 5) is 39.5. The van der Waals surface area contributed by atoms with E-state index in [1.54, 1.807) is 18.2 Å². The van der Waals surface area contributed by atoms with Crippen LogP contribution >= 0.6 is 11.6 Å². The number of benzene rings is 2. The van der Waals surface area contributed by atoms with Crippen molar-refractivity contribution >= 4 is 40.2 Å². The third-order valence-electron chi connectivity index (χ3n) is 6.29. The van der Waals surface area contributed by atoms with Gasteiger partial charge in [-0.2, -0.15) is 0 Å². The van der Waals surface area contributed by atoms with Crippen molar-refractivity contribution in [1.29, 1.82) is 0 Å². The van der Waals surface area contributed by atoms with Gasteiger partial charge >= 0.3 is 5.97 Å². The topological polar surface area (TPSA) is 113 Å². The molecule has 2 heterocycles. The number of hydrogen-bond acceptors (Lipinski definition) is 7. The summed E-state index contributed by atoms with van der Waals surface area (Å²) in [7, 11) is 0. The first-order chi connectivity index (χ1) is 17.9. The molecule has 10 heteroatoms. The third kappa shape index (κ3) is 6.30. The molecule has 4 rings (SSSR count). The fourth-order valence-corrected chi connectivity index (χ4v) is 4.78. The summed E-state index contributed by atoms with van der Waals surface area (Å²) in [6.45, 7) is 5.78. The van der Waals surface area contributed by atoms with E-state index in [2.05, 4.69) is 4.90 Å². The Kier molecular flexibility index (Phi) is 8.81. The molecule has 0 aliphatic carbocycles. The highest BCUT2D eigenvalue weighted by molar-refractivity contribution is 6.45. The largest absolute Gasteiger partial charge is 0.481 e. The maximum atomic E-state index is 13.0. The van der Waals surface area contributed by atoms with E-state index >= 15 is 0 Å². The van der Waals surface area contributed by atoms with Crippen LogP contribution in [0.3, 0.4) is 0 Å². The van der Waals surface area contributed by atoms with Crippen molar-refractivity contribution in [2.45, 2.75) is 19.9 Å². The van der Waals surface area contributed by atoms with Crippen LogP contribution in [-0.2, 0) is 32.0 Å². The van der Waals surface area contributed by atoms with Gasteiger partial charge in [0.1, 0.15) is 12.4 Å². The van der Waals surface area contributed by atoms with Crippen LogP contribution in [0, 0.1) is 0 Å². The predicted octanol–water partition coefficient (Wildman–Crippen LogP) is 2.83. The van der Waals surface area contributed by atoms with Gasteiger partial charge in [-0.25, -0.2) is 4.79 Å². The summed E-state index contributed by atoms with van der Waals surface area (Å²) >= 11 is 6.18. The van der Waals surface area contributed by atoms with Crippen molar-refractivity contribution in [3.05, 3.63) is 64.3 Å². The number of carbonyl (C=O) groups is 3. The van der Waals surface area contributed by atoms with Crippen LogP contribution < -0.4 is 10.5 Å². The molecule has 1 aliphatic rings. The van der Waals surface area contributed by atoms with E-state index in [-0.39, 0.29) is 18.8 Å². The zero-order valence-electron chi connectivity index (χ0n) is 20.7. The molecule has 0 atom stereocenters. The minimum atomic E-state index is -1.06. The number of hydrogen-bond donors (Lipinski definition) is 1. The lowest BCUT2D eigenvalue weighted by molar-refractivity contribution is -0.146. The number of Topliss-reactive ketones (excluding diaryl/α,β-unsaturated/α-hetero) is 1. The molecule has 2 N–H and O–H groups in total. The van der Waals surface area contributed by atoms with Gasteiger partial charge in [-0.05, 0) is 36.2 Å². The normalized spacial score (nSPS) is 14.0. The number of amides is 1. The highest BCUT2D eigenvalue weighted by atomic mass is 35.5. The Morgan fingerprint density at radius 3 is 2.57 bits per heavy atom. The van der Waals surface area contributed by atoms with Gasteiger partial charge in [0.25, 0.3) is 11.7 Å². The lowest BCUT2D eigenvalue weighted by Gasteiger charge is -2.26. The minimum Gasteiger partial charge on any atom is -0.481 e. The Bertz CT molecular complexity index is 1300. The molecule has 1 fully saturated rings. The van der Waals surface area contributed by atoms with Gasteiger partial charge in [0.05, 0.1) is 29.7 Å². The number of ketones is 1. The predicted molar refractivity (Wildman–Crippen MR) is 139 cm³/mol. The van der Waals surface area contributed by atoms with Gasteiger partial charge in [-0.1, -0.05) is 36.7 Å². The molecule has 0 radical (unpaired) electrons. The van der Waals surface area contributed by atoms with Crippen LogP contribution in [0.1, 0.15) is 28.5 Å². The summed E-state index contributed by atoms with van der Waals surface area (Å²) in [5, 5.41) is 1.03. The molecular weight excluding hydrogens is 498 g/mol. The van der Waals surface area contributed by atoms with Crippen molar-refractivity contribution < 1.29 is 28.6 Å². The summed E-state index contributed by atoms with van der Waals surface area (Å²) in [5.41, 5.74) is 7.84. The van der Waals surface area contributed by atoms with Crippen LogP contribution in [-0.4, -0.2) is 73.2 Å². The Morgan fingerprint density at radius 1 is 1.11 bits per heavy atom. The molecule has 9 nitrogen and oxygen atoms in total. The highest BCUT2D eigenvalue weighted by Gasteiger charge is 2.27. The summed E-state index contributed by atoms with van der Waals surface area (Å²) < 4.78 is 18.4.